The summed E-state index contributed by atoms with van der Waals surface area (Å²) in [6.45, 7) is 1.07. The van der Waals surface area contributed by atoms with Crippen LogP contribution in [0.1, 0.15) is 24.0 Å². The van der Waals surface area contributed by atoms with Crippen molar-refractivity contribution in [2.24, 2.45) is 5.92 Å². The van der Waals surface area contributed by atoms with E-state index in [0.29, 0.717) is 31.6 Å². The number of rotatable bonds is 4. The maximum Gasteiger partial charge on any atom is 0.416 e. The van der Waals surface area contributed by atoms with Crippen LogP contribution in [0, 0.1) is 5.92 Å². The van der Waals surface area contributed by atoms with Gasteiger partial charge in [0.15, 0.2) is 0 Å². The quantitative estimate of drug-likeness (QED) is 0.856. The molecule has 0 saturated carbocycles. The van der Waals surface area contributed by atoms with E-state index in [0.717, 1.165) is 12.1 Å². The van der Waals surface area contributed by atoms with Gasteiger partial charge in [-0.15, -0.1) is 17.9 Å². The second-order valence-corrected chi connectivity index (χ2v) is 4.83. The number of ether oxygens (including phenoxy) is 1. The third-order valence-electron chi connectivity index (χ3n) is 3.26. The molecule has 8 heteroatoms. The summed E-state index contributed by atoms with van der Waals surface area (Å²) >= 11 is 0. The van der Waals surface area contributed by atoms with E-state index >= 15 is 0 Å². The molecular weight excluding hydrogens is 323 g/mol. The molecule has 0 atom stereocenters. The summed E-state index contributed by atoms with van der Waals surface area (Å²) in [6, 6.07) is 4.87. The molecule has 4 nitrogen and oxygen atoms in total. The van der Waals surface area contributed by atoms with Crippen molar-refractivity contribution in [1.29, 1.82) is 0 Å². The maximum absolute atomic E-state index is 12.5. The Labute approximate surface area is 132 Å². The largest absolute Gasteiger partial charge is 0.416 e. The first-order chi connectivity index (χ1) is 9.97. The molecule has 0 aromatic heterocycles. The van der Waals surface area contributed by atoms with Crippen LogP contribution in [0.2, 0.25) is 0 Å². The van der Waals surface area contributed by atoms with Crippen molar-refractivity contribution in [3.05, 3.63) is 35.4 Å². The molecule has 0 amide bonds. The van der Waals surface area contributed by atoms with Gasteiger partial charge in [-0.1, -0.05) is 18.2 Å². The third kappa shape index (κ3) is 5.47. The molecule has 0 radical (unpaired) electrons. The molecule has 0 bridgehead atoms. The number of hydroxylamine groups is 1. The van der Waals surface area contributed by atoms with Gasteiger partial charge in [0.2, 0.25) is 0 Å². The van der Waals surface area contributed by atoms with Crippen molar-refractivity contribution < 1.29 is 27.5 Å². The zero-order chi connectivity index (χ0) is 15.3. The maximum atomic E-state index is 12.5. The van der Waals surface area contributed by atoms with Gasteiger partial charge >= 0.3 is 12.1 Å². The second-order valence-electron chi connectivity index (χ2n) is 4.83. The van der Waals surface area contributed by atoms with E-state index in [2.05, 4.69) is 5.48 Å². The molecule has 124 valence electrons. The van der Waals surface area contributed by atoms with Crippen molar-refractivity contribution in [3.8, 4) is 0 Å². The molecule has 0 unspecified atom stereocenters. The van der Waals surface area contributed by atoms with Gasteiger partial charge in [-0.3, -0.25) is 4.79 Å². The number of hydrogen-bond acceptors (Lipinski definition) is 4. The summed E-state index contributed by atoms with van der Waals surface area (Å²) in [5, 5.41) is 0. The average molecular weight is 340 g/mol. The van der Waals surface area contributed by atoms with Gasteiger partial charge in [0.25, 0.3) is 0 Å². The number of hydrogen-bond donors (Lipinski definition) is 1. The van der Waals surface area contributed by atoms with Crippen molar-refractivity contribution in [2.75, 3.05) is 13.2 Å². The van der Waals surface area contributed by atoms with Crippen LogP contribution in [0.5, 0.6) is 0 Å². The Kier molecular flexibility index (Phi) is 7.12. The summed E-state index contributed by atoms with van der Waals surface area (Å²) in [5.74, 6) is -0.613. The lowest BCUT2D eigenvalue weighted by Crippen LogP contribution is -2.29. The van der Waals surface area contributed by atoms with Crippen LogP contribution in [0.3, 0.4) is 0 Å². The Morgan fingerprint density at radius 2 is 2.00 bits per heavy atom. The van der Waals surface area contributed by atoms with Gasteiger partial charge in [-0.05, 0) is 24.5 Å². The SMILES string of the molecule is Cl.O=C(ONCc1cccc(C(F)(F)F)c1)C1CCOCC1. The molecule has 1 aromatic rings. The van der Waals surface area contributed by atoms with Gasteiger partial charge in [0.05, 0.1) is 18.0 Å². The van der Waals surface area contributed by atoms with Gasteiger partial charge in [-0.2, -0.15) is 13.2 Å². The van der Waals surface area contributed by atoms with Crippen LogP contribution in [-0.4, -0.2) is 19.2 Å². The van der Waals surface area contributed by atoms with Gasteiger partial charge < -0.3 is 9.57 Å². The normalized spacial score (nSPS) is 16.0. The molecule has 0 spiro atoms. The van der Waals surface area contributed by atoms with Crippen LogP contribution < -0.4 is 5.48 Å². The van der Waals surface area contributed by atoms with Crippen LogP contribution in [0.25, 0.3) is 0 Å². The highest BCUT2D eigenvalue weighted by molar-refractivity contribution is 5.85. The Hall–Kier alpha value is -1.31. The first-order valence-electron chi connectivity index (χ1n) is 6.64. The number of carbonyl (C=O) groups is 1. The van der Waals surface area contributed by atoms with E-state index in [1.165, 1.54) is 12.1 Å². The molecular formula is C14H17ClF3NO3. The first-order valence-corrected chi connectivity index (χ1v) is 6.64. The minimum Gasteiger partial charge on any atom is -0.381 e. The summed E-state index contributed by atoms with van der Waals surface area (Å²) in [5.41, 5.74) is 2.09. The fourth-order valence-corrected chi connectivity index (χ4v) is 2.06. The lowest BCUT2D eigenvalue weighted by atomic mass is 10.0. The number of alkyl halides is 3. The molecule has 22 heavy (non-hydrogen) atoms. The molecule has 1 saturated heterocycles. The van der Waals surface area contributed by atoms with Crippen LogP contribution >= 0.6 is 12.4 Å². The monoisotopic (exact) mass is 339 g/mol. The lowest BCUT2D eigenvalue weighted by Gasteiger charge is -2.20. The Morgan fingerprint density at radius 3 is 2.64 bits per heavy atom. The molecule has 0 aliphatic carbocycles. The van der Waals surface area contributed by atoms with E-state index in [1.54, 1.807) is 0 Å². The van der Waals surface area contributed by atoms with Crippen molar-refractivity contribution >= 4 is 18.4 Å². The molecule has 1 heterocycles. The minimum absolute atomic E-state index is 0. The van der Waals surface area contributed by atoms with E-state index < -0.39 is 17.7 Å². The molecule has 1 fully saturated rings. The van der Waals surface area contributed by atoms with E-state index in [1.807, 2.05) is 0 Å². The Balaban J connectivity index is 0.00000242. The smallest absolute Gasteiger partial charge is 0.381 e. The molecule has 2 rings (SSSR count). The summed E-state index contributed by atoms with van der Waals surface area (Å²) in [6.07, 6.45) is -3.18. The average Bonchev–Trinajstić information content (AvgIpc) is 2.47. The highest BCUT2D eigenvalue weighted by Crippen LogP contribution is 2.29. The second kappa shape index (κ2) is 8.36. The highest BCUT2D eigenvalue weighted by Gasteiger charge is 2.30. The van der Waals surface area contributed by atoms with Crippen LogP contribution in [-0.2, 0) is 27.1 Å². The number of benzene rings is 1. The van der Waals surface area contributed by atoms with Gasteiger partial charge in [0.1, 0.15) is 0 Å². The predicted molar refractivity (Wildman–Crippen MR) is 75.2 cm³/mol. The van der Waals surface area contributed by atoms with Crippen LogP contribution in [0.15, 0.2) is 24.3 Å². The summed E-state index contributed by atoms with van der Waals surface area (Å²) < 4.78 is 42.8. The fourth-order valence-electron chi connectivity index (χ4n) is 2.06. The number of nitrogens with one attached hydrogen (secondary N) is 1. The van der Waals surface area contributed by atoms with E-state index in [4.69, 9.17) is 9.57 Å². The van der Waals surface area contributed by atoms with Crippen molar-refractivity contribution in [1.82, 2.24) is 5.48 Å². The minimum atomic E-state index is -4.38. The van der Waals surface area contributed by atoms with Crippen LogP contribution in [0.4, 0.5) is 13.2 Å². The Morgan fingerprint density at radius 1 is 1.32 bits per heavy atom. The van der Waals surface area contributed by atoms with E-state index in [-0.39, 0.29) is 24.9 Å². The van der Waals surface area contributed by atoms with Crippen molar-refractivity contribution in [2.45, 2.75) is 25.6 Å². The molecule has 1 aliphatic rings. The number of carbonyl (C=O) groups excluding carboxylic acids is 1. The fraction of sp³-hybridized carbons (Fsp3) is 0.500. The predicted octanol–water partition coefficient (Wildman–Crippen LogP) is 3.10. The topological polar surface area (TPSA) is 47.6 Å². The lowest BCUT2D eigenvalue weighted by molar-refractivity contribution is -0.159. The zero-order valence-corrected chi connectivity index (χ0v) is 12.5. The Bertz CT molecular complexity index is 490. The highest BCUT2D eigenvalue weighted by atomic mass is 35.5. The zero-order valence-electron chi connectivity index (χ0n) is 11.7. The molecule has 1 aliphatic heterocycles. The third-order valence-corrected chi connectivity index (χ3v) is 3.26. The summed E-state index contributed by atoms with van der Waals surface area (Å²) in [4.78, 5) is 16.6. The van der Waals surface area contributed by atoms with E-state index in [9.17, 15) is 18.0 Å². The number of halogens is 4. The molecule has 1 N–H and O–H groups in total. The first kappa shape index (κ1) is 18.7. The molecule has 1 aromatic carbocycles. The van der Waals surface area contributed by atoms with Gasteiger partial charge in [-0.25, -0.2) is 0 Å². The van der Waals surface area contributed by atoms with Crippen molar-refractivity contribution in [3.63, 3.8) is 0 Å². The summed E-state index contributed by atoms with van der Waals surface area (Å²) in [7, 11) is 0. The van der Waals surface area contributed by atoms with Gasteiger partial charge in [0, 0.05) is 13.2 Å². The standard InChI is InChI=1S/C14H16F3NO3.ClH/c15-14(16,17)12-3-1-2-10(8-12)9-18-21-13(19)11-4-6-20-7-5-11;/h1-3,8,11,18H,4-7,9H2;1H.